The fraction of sp³-hybridized carbons (Fsp3) is 0.364. The van der Waals surface area contributed by atoms with E-state index in [1.54, 1.807) is 19.9 Å². The molecule has 1 aromatic rings. The maximum atomic E-state index is 11.1. The number of primary amides is 1. The average Bonchev–Trinajstić information content (AvgIpc) is 2.12. The Labute approximate surface area is 97.7 Å². The molecule has 0 unspecified atom stereocenters. The van der Waals surface area contributed by atoms with Gasteiger partial charge >= 0.3 is 0 Å². The minimum absolute atomic E-state index is 0.490. The van der Waals surface area contributed by atoms with Crippen LogP contribution in [0.25, 0.3) is 0 Å². The van der Waals surface area contributed by atoms with Gasteiger partial charge in [0.2, 0.25) is 0 Å². The number of hydrogen-bond acceptors (Lipinski definition) is 2. The number of nitrogens with two attached hydrogens (primary N) is 1. The Morgan fingerprint density at radius 2 is 2.07 bits per heavy atom. The molecule has 3 nitrogen and oxygen atoms in total. The minimum Gasteiger partial charge on any atom is -0.477 e. The molecule has 2 N–H and O–H groups in total. The van der Waals surface area contributed by atoms with E-state index in [0.29, 0.717) is 5.75 Å². The molecule has 82 valence electrons. The van der Waals surface area contributed by atoms with Crippen LogP contribution in [0.15, 0.2) is 22.7 Å². The second-order valence-electron chi connectivity index (χ2n) is 3.86. The Kier molecular flexibility index (Phi) is 3.39. The van der Waals surface area contributed by atoms with Gasteiger partial charge in [0.25, 0.3) is 5.91 Å². The summed E-state index contributed by atoms with van der Waals surface area (Å²) in [5, 5.41) is 0. The summed E-state index contributed by atoms with van der Waals surface area (Å²) in [6.45, 7) is 5.24. The summed E-state index contributed by atoms with van der Waals surface area (Å²) in [5.74, 6) is 0.134. The third kappa shape index (κ3) is 2.72. The van der Waals surface area contributed by atoms with Crippen molar-refractivity contribution < 1.29 is 9.53 Å². The summed E-state index contributed by atoms with van der Waals surface area (Å²) in [6.07, 6.45) is 0. The first-order valence-corrected chi connectivity index (χ1v) is 5.38. The second kappa shape index (κ2) is 4.23. The first kappa shape index (κ1) is 12.0. The number of halogens is 1. The first-order chi connectivity index (χ1) is 6.84. The number of carbonyl (C=O) groups is 1. The van der Waals surface area contributed by atoms with Gasteiger partial charge in [-0.25, -0.2) is 0 Å². The van der Waals surface area contributed by atoms with E-state index in [2.05, 4.69) is 15.9 Å². The molecule has 0 radical (unpaired) electrons. The van der Waals surface area contributed by atoms with Crippen LogP contribution in [0.4, 0.5) is 0 Å². The maximum absolute atomic E-state index is 11.1. The molecule has 0 bridgehead atoms. The van der Waals surface area contributed by atoms with Crippen LogP contribution >= 0.6 is 15.9 Å². The van der Waals surface area contributed by atoms with E-state index in [0.717, 1.165) is 10.0 Å². The lowest BCUT2D eigenvalue weighted by atomic mass is 10.1. The Hall–Kier alpha value is -1.03. The number of benzene rings is 1. The number of carbonyl (C=O) groups excluding carboxylic acids is 1. The summed E-state index contributed by atoms with van der Waals surface area (Å²) >= 11 is 3.40. The van der Waals surface area contributed by atoms with Crippen molar-refractivity contribution >= 4 is 21.8 Å². The molecule has 0 atom stereocenters. The second-order valence-corrected chi connectivity index (χ2v) is 4.66. The standard InChI is InChI=1S/C11H14BrNO2/c1-7-5-4-6-8(9(7)12)15-11(2,3)10(13)14/h4-6H,1-3H3,(H2,13,14). The average molecular weight is 272 g/mol. The van der Waals surface area contributed by atoms with Crippen molar-refractivity contribution in [3.05, 3.63) is 28.2 Å². The Balaban J connectivity index is 3.00. The van der Waals surface area contributed by atoms with E-state index in [9.17, 15) is 4.79 Å². The molecule has 0 aliphatic rings. The van der Waals surface area contributed by atoms with Crippen molar-refractivity contribution in [2.45, 2.75) is 26.4 Å². The van der Waals surface area contributed by atoms with Crippen LogP contribution in [0.5, 0.6) is 5.75 Å². The van der Waals surface area contributed by atoms with Gasteiger partial charge in [-0.3, -0.25) is 4.79 Å². The number of rotatable bonds is 3. The predicted octanol–water partition coefficient (Wildman–Crippen LogP) is 2.40. The number of hydrogen-bond donors (Lipinski definition) is 1. The first-order valence-electron chi connectivity index (χ1n) is 4.58. The summed E-state index contributed by atoms with van der Waals surface area (Å²) in [6, 6.07) is 5.61. The lowest BCUT2D eigenvalue weighted by Gasteiger charge is -2.23. The normalized spacial score (nSPS) is 11.2. The highest BCUT2D eigenvalue weighted by atomic mass is 79.9. The van der Waals surface area contributed by atoms with Crippen molar-refractivity contribution in [2.75, 3.05) is 0 Å². The highest BCUT2D eigenvalue weighted by Crippen LogP contribution is 2.30. The van der Waals surface area contributed by atoms with Crippen LogP contribution in [0.1, 0.15) is 19.4 Å². The number of amides is 1. The molecular formula is C11H14BrNO2. The summed E-state index contributed by atoms with van der Waals surface area (Å²) in [5.41, 5.74) is 5.27. The Bertz CT molecular complexity index is 388. The van der Waals surface area contributed by atoms with Gasteiger partial charge in [0, 0.05) is 0 Å². The summed E-state index contributed by atoms with van der Waals surface area (Å²) in [4.78, 5) is 11.1. The Morgan fingerprint density at radius 3 is 2.60 bits per heavy atom. The fourth-order valence-corrected chi connectivity index (χ4v) is 1.37. The predicted molar refractivity (Wildman–Crippen MR) is 62.8 cm³/mol. The van der Waals surface area contributed by atoms with E-state index >= 15 is 0 Å². The molecule has 0 fully saturated rings. The highest BCUT2D eigenvalue weighted by Gasteiger charge is 2.27. The van der Waals surface area contributed by atoms with Gasteiger partial charge in [-0.15, -0.1) is 0 Å². The van der Waals surface area contributed by atoms with Crippen molar-refractivity contribution in [3.63, 3.8) is 0 Å². The fourth-order valence-electron chi connectivity index (χ4n) is 1.02. The Morgan fingerprint density at radius 1 is 1.47 bits per heavy atom. The third-order valence-corrected chi connectivity index (χ3v) is 3.13. The molecule has 0 spiro atoms. The van der Waals surface area contributed by atoms with Crippen molar-refractivity contribution in [1.82, 2.24) is 0 Å². The number of aryl methyl sites for hydroxylation is 1. The summed E-state index contributed by atoms with van der Waals surface area (Å²) < 4.78 is 6.40. The van der Waals surface area contributed by atoms with Crippen LogP contribution < -0.4 is 10.5 Å². The zero-order valence-corrected chi connectivity index (χ0v) is 10.6. The van der Waals surface area contributed by atoms with Crippen LogP contribution in [-0.2, 0) is 4.79 Å². The van der Waals surface area contributed by atoms with E-state index in [-0.39, 0.29) is 0 Å². The number of ether oxygens (including phenoxy) is 1. The topological polar surface area (TPSA) is 52.3 Å². The molecule has 15 heavy (non-hydrogen) atoms. The summed E-state index contributed by atoms with van der Waals surface area (Å²) in [7, 11) is 0. The molecule has 0 aliphatic heterocycles. The lowest BCUT2D eigenvalue weighted by molar-refractivity contribution is -0.130. The highest BCUT2D eigenvalue weighted by molar-refractivity contribution is 9.10. The molecule has 1 rings (SSSR count). The molecule has 1 amide bonds. The minimum atomic E-state index is -1.00. The van der Waals surface area contributed by atoms with Crippen molar-refractivity contribution in [1.29, 1.82) is 0 Å². The monoisotopic (exact) mass is 271 g/mol. The van der Waals surface area contributed by atoms with E-state index in [1.165, 1.54) is 0 Å². The van der Waals surface area contributed by atoms with Gasteiger partial charge in [-0.2, -0.15) is 0 Å². The molecule has 0 saturated carbocycles. The molecule has 0 aliphatic carbocycles. The van der Waals surface area contributed by atoms with Gasteiger partial charge in [0.15, 0.2) is 5.60 Å². The van der Waals surface area contributed by atoms with Crippen LogP contribution in [0, 0.1) is 6.92 Å². The molecule has 0 aromatic heterocycles. The van der Waals surface area contributed by atoms with Crippen molar-refractivity contribution in [3.8, 4) is 5.75 Å². The van der Waals surface area contributed by atoms with Gasteiger partial charge in [-0.1, -0.05) is 12.1 Å². The maximum Gasteiger partial charge on any atom is 0.261 e. The molecule has 4 heteroatoms. The smallest absolute Gasteiger partial charge is 0.261 e. The molecule has 1 aromatic carbocycles. The van der Waals surface area contributed by atoms with Crippen LogP contribution in [-0.4, -0.2) is 11.5 Å². The lowest BCUT2D eigenvalue weighted by Crippen LogP contribution is -2.43. The van der Waals surface area contributed by atoms with E-state index in [4.69, 9.17) is 10.5 Å². The third-order valence-electron chi connectivity index (χ3n) is 2.11. The van der Waals surface area contributed by atoms with Gasteiger partial charge in [0.05, 0.1) is 4.47 Å². The van der Waals surface area contributed by atoms with Crippen LogP contribution in [0.3, 0.4) is 0 Å². The molecular weight excluding hydrogens is 258 g/mol. The molecule has 0 heterocycles. The largest absolute Gasteiger partial charge is 0.477 e. The SMILES string of the molecule is Cc1cccc(OC(C)(C)C(N)=O)c1Br. The van der Waals surface area contributed by atoms with Crippen LogP contribution in [0.2, 0.25) is 0 Å². The van der Waals surface area contributed by atoms with Gasteiger partial charge < -0.3 is 10.5 Å². The quantitative estimate of drug-likeness (QED) is 0.918. The zero-order valence-electron chi connectivity index (χ0n) is 9.00. The zero-order chi connectivity index (χ0) is 11.6. The van der Waals surface area contributed by atoms with E-state index in [1.807, 2.05) is 19.1 Å². The van der Waals surface area contributed by atoms with E-state index < -0.39 is 11.5 Å². The molecule has 0 saturated heterocycles. The van der Waals surface area contributed by atoms with Gasteiger partial charge in [0.1, 0.15) is 5.75 Å². The van der Waals surface area contributed by atoms with Crippen molar-refractivity contribution in [2.24, 2.45) is 5.73 Å². The van der Waals surface area contributed by atoms with Gasteiger partial charge in [-0.05, 0) is 48.3 Å².